The lowest BCUT2D eigenvalue weighted by atomic mass is 10.0. The molecule has 0 fully saturated rings. The number of nitrogens with zero attached hydrogens (tertiary/aromatic N) is 1. The molecule has 0 unspecified atom stereocenters. The van der Waals surface area contributed by atoms with Gasteiger partial charge in [0.2, 0.25) is 5.78 Å². The number of fused-ring (bicyclic) bond motifs is 2. The van der Waals surface area contributed by atoms with Gasteiger partial charge in [-0.3, -0.25) is 4.79 Å². The zero-order valence-corrected chi connectivity index (χ0v) is 16.5. The van der Waals surface area contributed by atoms with E-state index in [0.29, 0.717) is 21.5 Å². The van der Waals surface area contributed by atoms with E-state index in [4.69, 9.17) is 4.42 Å². The molecule has 5 rings (SSSR count). The number of rotatable bonds is 5. The third-order valence-corrected chi connectivity index (χ3v) is 6.05. The molecule has 146 valence electrons. The van der Waals surface area contributed by atoms with E-state index in [9.17, 15) is 14.7 Å². The third kappa shape index (κ3) is 3.17. The van der Waals surface area contributed by atoms with Crippen LogP contribution in [-0.4, -0.2) is 21.8 Å². The van der Waals surface area contributed by atoms with Gasteiger partial charge in [-0.05, 0) is 45.5 Å². The summed E-state index contributed by atoms with van der Waals surface area (Å²) >= 11 is 1.32. The molecule has 0 saturated carbocycles. The summed E-state index contributed by atoms with van der Waals surface area (Å²) in [6, 6.07) is 20.9. The lowest BCUT2D eigenvalue weighted by Crippen LogP contribution is -2.08. The molecule has 0 saturated heterocycles. The summed E-state index contributed by atoms with van der Waals surface area (Å²) in [6.45, 7) is 0. The highest BCUT2D eigenvalue weighted by atomic mass is 32.1. The number of hydrogen-bond donors (Lipinski definition) is 1. The lowest BCUT2D eigenvalue weighted by molar-refractivity contribution is 0.0697. The van der Waals surface area contributed by atoms with Gasteiger partial charge in [-0.1, -0.05) is 48.5 Å². The molecule has 6 heteroatoms. The van der Waals surface area contributed by atoms with E-state index in [1.165, 1.54) is 11.3 Å². The number of carbonyl (C=O) groups excluding carboxylic acids is 1. The second-order valence-electron chi connectivity index (χ2n) is 6.92. The molecular formula is C24H15NO4S. The maximum absolute atomic E-state index is 12.7. The first-order valence-corrected chi connectivity index (χ1v) is 10.2. The minimum absolute atomic E-state index is 0.00834. The second kappa shape index (κ2) is 7.24. The molecule has 3 aromatic carbocycles. The Bertz CT molecular complexity index is 1400. The molecular weight excluding hydrogens is 398 g/mol. The number of carbonyl (C=O) groups is 2. The molecule has 0 spiro atoms. The van der Waals surface area contributed by atoms with Gasteiger partial charge in [0.15, 0.2) is 5.58 Å². The zero-order chi connectivity index (χ0) is 20.7. The Morgan fingerprint density at radius 2 is 1.73 bits per heavy atom. The van der Waals surface area contributed by atoms with Crippen molar-refractivity contribution in [1.29, 1.82) is 0 Å². The summed E-state index contributed by atoms with van der Waals surface area (Å²) < 4.78 is 5.54. The molecule has 2 aromatic heterocycles. The van der Waals surface area contributed by atoms with Gasteiger partial charge in [0.25, 0.3) is 5.89 Å². The Balaban J connectivity index is 1.52. The Labute approximate surface area is 175 Å². The van der Waals surface area contributed by atoms with Crippen LogP contribution in [0.15, 0.2) is 76.5 Å². The standard InChI is InChI=1S/C24H15NO4S/c26-19(23-25-18-7-3-4-8-20(18)29-23)12-17-13-30-22(21(17)24(27)28)16-10-9-14-5-1-2-6-15(14)11-16/h1-11,13H,12H2,(H,27,28). The van der Waals surface area contributed by atoms with Gasteiger partial charge in [-0.2, -0.15) is 0 Å². The van der Waals surface area contributed by atoms with E-state index in [-0.39, 0.29) is 23.7 Å². The van der Waals surface area contributed by atoms with Crippen LogP contribution in [0, 0.1) is 0 Å². The van der Waals surface area contributed by atoms with Crippen LogP contribution in [0.5, 0.6) is 0 Å². The van der Waals surface area contributed by atoms with Gasteiger partial charge >= 0.3 is 5.97 Å². The summed E-state index contributed by atoms with van der Waals surface area (Å²) in [5.74, 6) is -1.41. The van der Waals surface area contributed by atoms with E-state index in [1.807, 2.05) is 48.5 Å². The van der Waals surface area contributed by atoms with E-state index in [1.54, 1.807) is 23.6 Å². The van der Waals surface area contributed by atoms with Crippen molar-refractivity contribution in [3.63, 3.8) is 0 Å². The topological polar surface area (TPSA) is 80.4 Å². The number of carboxylic acids is 1. The van der Waals surface area contributed by atoms with E-state index in [0.717, 1.165) is 16.3 Å². The smallest absolute Gasteiger partial charge is 0.337 e. The minimum atomic E-state index is -1.06. The van der Waals surface area contributed by atoms with Crippen molar-refractivity contribution in [3.05, 3.63) is 89.1 Å². The second-order valence-corrected chi connectivity index (χ2v) is 7.80. The predicted octanol–water partition coefficient (Wildman–Crippen LogP) is 5.83. The molecule has 0 aliphatic carbocycles. The van der Waals surface area contributed by atoms with Crippen molar-refractivity contribution in [2.24, 2.45) is 0 Å². The molecule has 0 bridgehead atoms. The maximum Gasteiger partial charge on any atom is 0.337 e. The maximum atomic E-state index is 12.7. The van der Waals surface area contributed by atoms with Gasteiger partial charge in [0, 0.05) is 11.3 Å². The van der Waals surface area contributed by atoms with E-state index < -0.39 is 5.97 Å². The average Bonchev–Trinajstić information content (AvgIpc) is 3.37. The monoisotopic (exact) mass is 413 g/mol. The Kier molecular flexibility index (Phi) is 4.41. The normalized spacial score (nSPS) is 11.2. The summed E-state index contributed by atoms with van der Waals surface area (Å²) in [5, 5.41) is 13.7. The number of carboxylic acid groups (broad SMARTS) is 1. The predicted molar refractivity (Wildman–Crippen MR) is 116 cm³/mol. The number of aromatic carboxylic acids is 1. The van der Waals surface area contributed by atoms with E-state index >= 15 is 0 Å². The van der Waals surface area contributed by atoms with Crippen molar-refractivity contribution in [3.8, 4) is 10.4 Å². The summed E-state index contributed by atoms with van der Waals surface area (Å²) in [5.41, 5.74) is 2.56. The highest BCUT2D eigenvalue weighted by Crippen LogP contribution is 2.35. The molecule has 0 radical (unpaired) electrons. The van der Waals surface area contributed by atoms with Gasteiger partial charge < -0.3 is 9.52 Å². The van der Waals surface area contributed by atoms with Crippen LogP contribution in [0.1, 0.15) is 26.6 Å². The summed E-state index contributed by atoms with van der Waals surface area (Å²) in [7, 11) is 0. The minimum Gasteiger partial charge on any atom is -0.478 e. The van der Waals surface area contributed by atoms with Gasteiger partial charge in [0.05, 0.1) is 5.56 Å². The quantitative estimate of drug-likeness (QED) is 0.367. The number of para-hydroxylation sites is 2. The van der Waals surface area contributed by atoms with Crippen molar-refractivity contribution < 1.29 is 19.1 Å². The fourth-order valence-electron chi connectivity index (χ4n) is 3.54. The van der Waals surface area contributed by atoms with Crippen LogP contribution in [0.4, 0.5) is 0 Å². The first-order valence-electron chi connectivity index (χ1n) is 9.32. The highest BCUT2D eigenvalue weighted by molar-refractivity contribution is 7.14. The number of ketones is 1. The largest absolute Gasteiger partial charge is 0.478 e. The number of Topliss-reactive ketones (excluding diaryl/α,β-unsaturated/α-hetero) is 1. The molecule has 1 N–H and O–H groups in total. The first kappa shape index (κ1) is 18.3. The van der Waals surface area contributed by atoms with Gasteiger partial charge in [0.1, 0.15) is 5.52 Å². The fourth-order valence-corrected chi connectivity index (χ4v) is 4.60. The zero-order valence-electron chi connectivity index (χ0n) is 15.7. The lowest BCUT2D eigenvalue weighted by Gasteiger charge is -2.05. The van der Waals surface area contributed by atoms with Crippen molar-refractivity contribution in [2.45, 2.75) is 6.42 Å². The van der Waals surface area contributed by atoms with E-state index in [2.05, 4.69) is 4.98 Å². The van der Waals surface area contributed by atoms with Crippen LogP contribution in [0.3, 0.4) is 0 Å². The Morgan fingerprint density at radius 3 is 2.53 bits per heavy atom. The number of hydrogen-bond acceptors (Lipinski definition) is 5. The molecule has 0 atom stereocenters. The van der Waals surface area contributed by atoms with Crippen LogP contribution in [0.2, 0.25) is 0 Å². The molecule has 2 heterocycles. The van der Waals surface area contributed by atoms with Crippen molar-refractivity contribution >= 4 is 45.0 Å². The number of aromatic nitrogens is 1. The Hall–Kier alpha value is -3.77. The highest BCUT2D eigenvalue weighted by Gasteiger charge is 2.23. The molecule has 0 aliphatic rings. The molecule has 0 aliphatic heterocycles. The fraction of sp³-hybridized carbons (Fsp3) is 0.0417. The SMILES string of the molecule is O=C(Cc1csc(-c2ccc3ccccc3c2)c1C(=O)O)c1nc2ccccc2o1. The Morgan fingerprint density at radius 1 is 0.967 bits per heavy atom. The van der Waals surface area contributed by atoms with Crippen molar-refractivity contribution in [2.75, 3.05) is 0 Å². The molecule has 5 aromatic rings. The van der Waals surface area contributed by atoms with Crippen LogP contribution in [0.25, 0.3) is 32.3 Å². The van der Waals surface area contributed by atoms with Crippen molar-refractivity contribution in [1.82, 2.24) is 4.98 Å². The molecule has 30 heavy (non-hydrogen) atoms. The van der Waals surface area contributed by atoms with Crippen LogP contribution >= 0.6 is 11.3 Å². The van der Waals surface area contributed by atoms with Gasteiger partial charge in [-0.15, -0.1) is 11.3 Å². The number of oxazole rings is 1. The average molecular weight is 413 g/mol. The van der Waals surface area contributed by atoms with Gasteiger partial charge in [-0.25, -0.2) is 9.78 Å². The molecule has 5 nitrogen and oxygen atoms in total. The summed E-state index contributed by atoms with van der Waals surface area (Å²) in [6.07, 6.45) is -0.0848. The summed E-state index contributed by atoms with van der Waals surface area (Å²) in [4.78, 5) is 29.6. The first-order chi connectivity index (χ1) is 14.6. The third-order valence-electron chi connectivity index (χ3n) is 4.98. The number of benzene rings is 3. The number of thiophene rings is 1. The molecule has 0 amide bonds. The van der Waals surface area contributed by atoms with Crippen LogP contribution in [-0.2, 0) is 6.42 Å². The van der Waals surface area contributed by atoms with Crippen LogP contribution < -0.4 is 0 Å².